The fourth-order valence-electron chi connectivity index (χ4n) is 8.34. The van der Waals surface area contributed by atoms with Crippen LogP contribution < -0.4 is 0 Å². The molecule has 0 aromatic carbocycles. The van der Waals surface area contributed by atoms with Crippen molar-refractivity contribution in [3.8, 4) is 0 Å². The molecule has 4 aliphatic heterocycles. The van der Waals surface area contributed by atoms with E-state index in [0.717, 1.165) is 55.6 Å². The number of carbonyl (C=O) groups is 1. The van der Waals surface area contributed by atoms with E-state index in [1.54, 1.807) is 0 Å². The fraction of sp³-hybridized carbons (Fsp3) is 0.829. The molecule has 0 aromatic heterocycles. The highest BCUT2D eigenvalue weighted by Gasteiger charge is 2.51. The minimum absolute atomic E-state index is 0.171. The van der Waals surface area contributed by atoms with Crippen molar-refractivity contribution in [3.05, 3.63) is 35.6 Å². The van der Waals surface area contributed by atoms with E-state index in [2.05, 4.69) is 12.2 Å². The van der Waals surface area contributed by atoms with Crippen molar-refractivity contribution in [1.82, 2.24) is 0 Å². The van der Waals surface area contributed by atoms with Crippen LogP contribution in [0, 0.1) is 11.8 Å². The number of esters is 1. The lowest BCUT2D eigenvalue weighted by atomic mass is 9.80. The van der Waals surface area contributed by atoms with Crippen molar-refractivity contribution in [1.29, 1.82) is 0 Å². The molecule has 0 aromatic rings. The first kappa shape index (κ1) is 43.9. The summed E-state index contributed by atoms with van der Waals surface area (Å²) in [4.78, 5) is 13.4. The summed E-state index contributed by atoms with van der Waals surface area (Å²) < 4.78 is 26.1. The summed E-state index contributed by atoms with van der Waals surface area (Å²) in [5.74, 6) is -2.43. The maximum Gasteiger partial charge on any atom is 0.330 e. The Balaban J connectivity index is 1.66. The van der Waals surface area contributed by atoms with Crippen LogP contribution in [0.25, 0.3) is 0 Å². The van der Waals surface area contributed by atoms with Gasteiger partial charge in [0.05, 0.1) is 36.1 Å². The van der Waals surface area contributed by atoms with Crippen LogP contribution in [-0.2, 0) is 23.7 Å². The van der Waals surface area contributed by atoms with Gasteiger partial charge in [0, 0.05) is 43.6 Å². The zero-order valence-electron chi connectivity index (χ0n) is 32.9. The molecule has 2 fully saturated rings. The second-order valence-electron chi connectivity index (χ2n) is 17.4. The number of aliphatic hydroxyl groups excluding tert-OH is 5. The molecular weight excluding hydrogens is 684 g/mol. The number of fused-ring (bicyclic) bond motifs is 2. The second kappa shape index (κ2) is 17.9. The third-order valence-electron chi connectivity index (χ3n) is 11.9. The van der Waals surface area contributed by atoms with E-state index in [1.807, 2.05) is 27.7 Å². The van der Waals surface area contributed by atoms with Gasteiger partial charge in [0.15, 0.2) is 5.79 Å². The van der Waals surface area contributed by atoms with Crippen LogP contribution in [-0.4, -0.2) is 113 Å². The largest absolute Gasteiger partial charge is 0.491 e. The first-order valence-electron chi connectivity index (χ1n) is 19.9. The summed E-state index contributed by atoms with van der Waals surface area (Å²) in [6.45, 7) is 12.1. The van der Waals surface area contributed by atoms with E-state index in [4.69, 9.17) is 18.9 Å². The summed E-state index contributed by atoms with van der Waals surface area (Å²) in [5, 5.41) is 76.4. The predicted octanol–water partition coefficient (Wildman–Crippen LogP) is 4.25. The van der Waals surface area contributed by atoms with Crippen molar-refractivity contribution < 1.29 is 59.5 Å². The van der Waals surface area contributed by atoms with Crippen LogP contribution in [0.1, 0.15) is 132 Å². The molecule has 12 nitrogen and oxygen atoms in total. The number of hydrogen-bond donors (Lipinski definition) is 7. The van der Waals surface area contributed by atoms with Crippen molar-refractivity contribution in [2.45, 2.75) is 203 Å². The highest BCUT2D eigenvalue weighted by atomic mass is 16.7. The van der Waals surface area contributed by atoms with Gasteiger partial charge in [0.2, 0.25) is 0 Å². The molecule has 12 unspecified atom stereocenters. The Hall–Kier alpha value is -1.87. The zero-order valence-corrected chi connectivity index (χ0v) is 32.9. The van der Waals surface area contributed by atoms with Crippen LogP contribution >= 0.6 is 0 Å². The SMILES string of the molecule is CCC(O)CC1CCCC2(CC3OC(=O)/C=C/[C@@](C)(O)C(O)C(C)C(O)C(O)C(O)C(C)(O)CCCCC/C=C/C4=C(CC(O2)C3C)OC(C)(C)C4)O1. The number of hydrogen-bond acceptors (Lipinski definition) is 12. The van der Waals surface area contributed by atoms with E-state index < -0.39 is 77.2 Å². The lowest BCUT2D eigenvalue weighted by Crippen LogP contribution is -2.56. The smallest absolute Gasteiger partial charge is 0.330 e. The van der Waals surface area contributed by atoms with Gasteiger partial charge in [-0.3, -0.25) is 0 Å². The van der Waals surface area contributed by atoms with E-state index in [1.165, 1.54) is 20.8 Å². The molecule has 13 atom stereocenters. The Labute approximate surface area is 315 Å². The molecule has 304 valence electrons. The van der Waals surface area contributed by atoms with Gasteiger partial charge in [-0.15, -0.1) is 0 Å². The minimum atomic E-state index is -2.05. The van der Waals surface area contributed by atoms with E-state index >= 15 is 0 Å². The average molecular weight is 753 g/mol. The maximum atomic E-state index is 13.4. The zero-order chi connectivity index (χ0) is 39.4. The molecule has 12 heteroatoms. The Morgan fingerprint density at radius 1 is 0.868 bits per heavy atom. The number of ether oxygens (including phenoxy) is 4. The van der Waals surface area contributed by atoms with Crippen molar-refractivity contribution >= 4 is 5.97 Å². The number of aliphatic hydroxyl groups is 7. The second-order valence-corrected chi connectivity index (χ2v) is 17.4. The number of rotatable bonds is 3. The van der Waals surface area contributed by atoms with E-state index in [0.29, 0.717) is 38.5 Å². The Kier molecular flexibility index (Phi) is 14.8. The van der Waals surface area contributed by atoms with E-state index in [9.17, 15) is 40.5 Å². The molecule has 2 saturated heterocycles. The highest BCUT2D eigenvalue weighted by Crippen LogP contribution is 2.46. The van der Waals surface area contributed by atoms with Gasteiger partial charge in [0.25, 0.3) is 0 Å². The fourth-order valence-corrected chi connectivity index (χ4v) is 8.34. The Morgan fingerprint density at radius 3 is 2.28 bits per heavy atom. The van der Waals surface area contributed by atoms with Crippen LogP contribution in [0.4, 0.5) is 0 Å². The first-order valence-corrected chi connectivity index (χ1v) is 19.9. The minimum Gasteiger partial charge on any atom is -0.491 e. The Morgan fingerprint density at radius 2 is 1.58 bits per heavy atom. The third kappa shape index (κ3) is 11.4. The average Bonchev–Trinajstić information content (AvgIpc) is 3.38. The van der Waals surface area contributed by atoms with Gasteiger partial charge < -0.3 is 54.7 Å². The molecule has 0 aliphatic carbocycles. The molecule has 1 spiro atoms. The van der Waals surface area contributed by atoms with Crippen LogP contribution in [0.15, 0.2) is 35.6 Å². The predicted molar refractivity (Wildman–Crippen MR) is 198 cm³/mol. The highest BCUT2D eigenvalue weighted by molar-refractivity contribution is 5.82. The molecule has 4 aliphatic rings. The first-order chi connectivity index (χ1) is 24.7. The quantitative estimate of drug-likeness (QED) is 0.203. The lowest BCUT2D eigenvalue weighted by Gasteiger charge is -2.50. The van der Waals surface area contributed by atoms with Gasteiger partial charge in [-0.05, 0) is 84.3 Å². The van der Waals surface area contributed by atoms with Gasteiger partial charge in [-0.1, -0.05) is 45.8 Å². The van der Waals surface area contributed by atoms with Gasteiger partial charge in [-0.2, -0.15) is 0 Å². The van der Waals surface area contributed by atoms with Gasteiger partial charge >= 0.3 is 5.97 Å². The third-order valence-corrected chi connectivity index (χ3v) is 11.9. The summed E-state index contributed by atoms with van der Waals surface area (Å²) in [6, 6.07) is 0. The normalized spacial score (nSPS) is 44.3. The molecule has 0 radical (unpaired) electrons. The van der Waals surface area contributed by atoms with E-state index in [-0.39, 0.29) is 24.9 Å². The monoisotopic (exact) mass is 752 g/mol. The standard InChI is InChI=1S/C41H68O12/c1-8-28(42)21-29-16-14-19-41(51-29)24-32-25(2)30(53-41)22-31-27(23-38(4,5)52-31)15-12-10-9-11-13-18-39(6,48)37(47)35(45)34(44)26(3)36(46)40(7,49)20-17-33(43)50-32/h12,15,17,20,25-26,28-30,32,34-37,42,44-49H,8-11,13-14,16,18-19,21-24H2,1-7H3/b15-12+,20-17+/t25?,26?,28?,29?,30?,32?,34?,35?,36?,37?,39?,40-,41?/m1/s1. The number of carbonyl (C=O) groups excluding carboxylic acids is 1. The summed E-state index contributed by atoms with van der Waals surface area (Å²) in [5.41, 5.74) is -3.12. The van der Waals surface area contributed by atoms with Crippen LogP contribution in [0.3, 0.4) is 0 Å². The molecule has 0 saturated carbocycles. The summed E-state index contributed by atoms with van der Waals surface area (Å²) in [7, 11) is 0. The van der Waals surface area contributed by atoms with Crippen molar-refractivity contribution in [2.24, 2.45) is 11.8 Å². The van der Waals surface area contributed by atoms with Crippen LogP contribution in [0.2, 0.25) is 0 Å². The molecule has 4 heterocycles. The Bertz CT molecular complexity index is 1310. The topological polar surface area (TPSA) is 196 Å². The summed E-state index contributed by atoms with van der Waals surface area (Å²) in [6.07, 6.45) is 5.43. The lowest BCUT2D eigenvalue weighted by molar-refractivity contribution is -0.340. The van der Waals surface area contributed by atoms with Crippen molar-refractivity contribution in [2.75, 3.05) is 0 Å². The molecule has 4 rings (SSSR count). The maximum absolute atomic E-state index is 13.4. The van der Waals surface area contributed by atoms with Crippen molar-refractivity contribution in [3.63, 3.8) is 0 Å². The molecule has 53 heavy (non-hydrogen) atoms. The molecule has 2 bridgehead atoms. The van der Waals surface area contributed by atoms with Gasteiger partial charge in [-0.25, -0.2) is 4.79 Å². The molecule has 7 N–H and O–H groups in total. The van der Waals surface area contributed by atoms with Gasteiger partial charge in [0.1, 0.15) is 35.3 Å². The number of allylic oxidation sites excluding steroid dienone is 2. The van der Waals surface area contributed by atoms with Crippen LogP contribution in [0.5, 0.6) is 0 Å². The molecular formula is C41H68O12. The summed E-state index contributed by atoms with van der Waals surface area (Å²) >= 11 is 0. The molecule has 0 amide bonds.